The molecule has 0 amide bonds. The highest BCUT2D eigenvalue weighted by atomic mass is 19.2. The average molecular weight is 500 g/mol. The van der Waals surface area contributed by atoms with Gasteiger partial charge in [-0.1, -0.05) is 0 Å². The molecule has 4 aromatic carbocycles. The molecule has 4 aromatic rings. The Balaban J connectivity index is 2.48. The summed E-state index contributed by atoms with van der Waals surface area (Å²) >= 11 is 0. The number of fused-ring (bicyclic) bond motifs is 2. The van der Waals surface area contributed by atoms with Crippen molar-refractivity contribution in [1.29, 1.82) is 0 Å². The molecule has 0 saturated heterocycles. The lowest BCUT2D eigenvalue weighted by molar-refractivity contribution is 0.334. The lowest BCUT2D eigenvalue weighted by Crippen LogP contribution is -2.08. The van der Waals surface area contributed by atoms with Crippen LogP contribution in [0.3, 0.4) is 0 Å². The van der Waals surface area contributed by atoms with Crippen LogP contribution in [0.2, 0.25) is 0 Å². The van der Waals surface area contributed by atoms with E-state index in [2.05, 4.69) is 4.74 Å². The minimum Gasteiger partial charge on any atom is -0.491 e. The second-order valence-corrected chi connectivity index (χ2v) is 6.77. The second kappa shape index (κ2) is 7.71. The molecule has 0 aromatic heterocycles. The molecule has 34 heavy (non-hydrogen) atoms. The van der Waals surface area contributed by atoms with E-state index >= 15 is 0 Å². The van der Waals surface area contributed by atoms with Crippen molar-refractivity contribution in [3.05, 3.63) is 75.9 Å². The molecule has 0 fully saturated rings. The fraction of sp³-hybridized carbons (Fsp3) is 0.0476. The van der Waals surface area contributed by atoms with Crippen molar-refractivity contribution in [2.24, 2.45) is 0 Å². The highest BCUT2D eigenvalue weighted by molar-refractivity contribution is 6.13. The highest BCUT2D eigenvalue weighted by Gasteiger charge is 2.35. The van der Waals surface area contributed by atoms with E-state index in [4.69, 9.17) is 0 Å². The third kappa shape index (κ3) is 2.85. The zero-order valence-corrected chi connectivity index (χ0v) is 16.0. The Labute approximate surface area is 179 Å². The van der Waals surface area contributed by atoms with E-state index in [0.29, 0.717) is 7.11 Å². The molecule has 1 nitrogen and oxygen atoms in total. The summed E-state index contributed by atoms with van der Waals surface area (Å²) in [4.78, 5) is 0. The van der Waals surface area contributed by atoms with E-state index < -0.39 is 108 Å². The van der Waals surface area contributed by atoms with Crippen molar-refractivity contribution in [2.75, 3.05) is 7.11 Å². The van der Waals surface area contributed by atoms with Gasteiger partial charge in [0.05, 0.1) is 12.7 Å². The van der Waals surface area contributed by atoms with Crippen molar-refractivity contribution in [3.63, 3.8) is 0 Å². The van der Waals surface area contributed by atoms with Gasteiger partial charge in [0.2, 0.25) is 11.6 Å². The smallest absolute Gasteiger partial charge is 0.204 e. The summed E-state index contributed by atoms with van der Waals surface area (Å²) in [5.41, 5.74) is -3.96. The largest absolute Gasteiger partial charge is 0.491 e. The molecule has 0 bridgehead atoms. The van der Waals surface area contributed by atoms with Crippen LogP contribution in [0.1, 0.15) is 0 Å². The quantitative estimate of drug-likeness (QED) is 0.121. The molecule has 0 heterocycles. The van der Waals surface area contributed by atoms with E-state index in [-0.39, 0.29) is 6.07 Å². The fourth-order valence-electron chi connectivity index (χ4n) is 3.59. The van der Waals surface area contributed by atoms with Gasteiger partial charge in [0, 0.05) is 27.1 Å². The molecule has 0 saturated carbocycles. The van der Waals surface area contributed by atoms with Crippen molar-refractivity contribution in [2.45, 2.75) is 0 Å². The Morgan fingerprint density at radius 3 is 1.12 bits per heavy atom. The molecular formula is C21H4F12O. The standard InChI is InChI=1S/C21H4F12O/c1-34-21-19(32)13(26)8(14(27)20(21)33)7-5-3(9(22)15(28)17(30)11(5)24)2-4-6(7)12(25)18(31)16(29)10(4)23/h2H,1H3. The number of halogens is 12. The van der Waals surface area contributed by atoms with E-state index in [9.17, 15) is 52.7 Å². The molecule has 4 rings (SSSR count). The fourth-order valence-corrected chi connectivity index (χ4v) is 3.59. The predicted octanol–water partition coefficient (Wildman–Crippen LogP) is 7.34. The molecule has 0 spiro atoms. The van der Waals surface area contributed by atoms with E-state index in [1.54, 1.807) is 0 Å². The minimum atomic E-state index is -2.62. The van der Waals surface area contributed by atoms with Gasteiger partial charge in [-0.3, -0.25) is 0 Å². The van der Waals surface area contributed by atoms with Gasteiger partial charge in [-0.2, -0.15) is 8.78 Å². The summed E-state index contributed by atoms with van der Waals surface area (Å²) < 4.78 is 176. The summed E-state index contributed by atoms with van der Waals surface area (Å²) in [7, 11) is 0.577. The molecule has 178 valence electrons. The SMILES string of the molecule is COc1c(F)c(F)c(-c2c3c(F)c(F)c(F)c(F)c3cc3c(F)c(F)c(F)c(F)c23)c(F)c1F. The van der Waals surface area contributed by atoms with Gasteiger partial charge in [-0.25, -0.2) is 43.9 Å². The maximum Gasteiger partial charge on any atom is 0.204 e. The number of ether oxygens (including phenoxy) is 1. The van der Waals surface area contributed by atoms with Crippen molar-refractivity contribution < 1.29 is 57.4 Å². The maximum absolute atomic E-state index is 14.8. The molecule has 0 aliphatic rings. The summed E-state index contributed by atoms with van der Waals surface area (Å²) in [5, 5.41) is -6.60. The van der Waals surface area contributed by atoms with Gasteiger partial charge in [-0.05, 0) is 6.07 Å². The van der Waals surface area contributed by atoms with Crippen LogP contribution in [0.25, 0.3) is 32.7 Å². The van der Waals surface area contributed by atoms with Crippen molar-refractivity contribution in [3.8, 4) is 16.9 Å². The normalized spacial score (nSPS) is 11.7. The van der Waals surface area contributed by atoms with E-state index in [1.165, 1.54) is 0 Å². The van der Waals surface area contributed by atoms with Gasteiger partial charge in [-0.15, -0.1) is 0 Å². The molecule has 0 N–H and O–H groups in total. The zero-order valence-electron chi connectivity index (χ0n) is 16.0. The third-order valence-corrected chi connectivity index (χ3v) is 5.07. The zero-order chi connectivity index (χ0) is 25.4. The lowest BCUT2D eigenvalue weighted by atomic mass is 9.89. The molecule has 0 aliphatic carbocycles. The Morgan fingerprint density at radius 1 is 0.412 bits per heavy atom. The first-order chi connectivity index (χ1) is 15.9. The van der Waals surface area contributed by atoms with Gasteiger partial charge < -0.3 is 4.74 Å². The summed E-state index contributed by atoms with van der Waals surface area (Å²) in [6.45, 7) is 0. The van der Waals surface area contributed by atoms with Crippen LogP contribution < -0.4 is 4.74 Å². The second-order valence-electron chi connectivity index (χ2n) is 6.77. The highest BCUT2D eigenvalue weighted by Crippen LogP contribution is 2.46. The number of benzene rings is 4. The van der Waals surface area contributed by atoms with E-state index in [1.807, 2.05) is 0 Å². The monoisotopic (exact) mass is 500 g/mol. The van der Waals surface area contributed by atoms with Gasteiger partial charge in [0.15, 0.2) is 63.9 Å². The van der Waals surface area contributed by atoms with Crippen LogP contribution in [-0.4, -0.2) is 7.11 Å². The van der Waals surface area contributed by atoms with E-state index in [0.717, 1.165) is 0 Å². The third-order valence-electron chi connectivity index (χ3n) is 5.07. The van der Waals surface area contributed by atoms with Crippen LogP contribution in [-0.2, 0) is 0 Å². The molecule has 0 unspecified atom stereocenters. The van der Waals surface area contributed by atoms with Crippen LogP contribution in [0.15, 0.2) is 6.07 Å². The molecule has 0 atom stereocenters. The lowest BCUT2D eigenvalue weighted by Gasteiger charge is -2.18. The summed E-state index contributed by atoms with van der Waals surface area (Å²) in [6.07, 6.45) is 0. The molecular weight excluding hydrogens is 496 g/mol. The van der Waals surface area contributed by atoms with Crippen molar-refractivity contribution in [1.82, 2.24) is 0 Å². The Morgan fingerprint density at radius 2 is 0.765 bits per heavy atom. The first kappa shape index (κ1) is 23.5. The van der Waals surface area contributed by atoms with Crippen LogP contribution >= 0.6 is 0 Å². The minimum absolute atomic E-state index is 0.00206. The number of methoxy groups -OCH3 is 1. The van der Waals surface area contributed by atoms with Crippen LogP contribution in [0.5, 0.6) is 5.75 Å². The Hall–Kier alpha value is -3.64. The van der Waals surface area contributed by atoms with Crippen LogP contribution in [0.4, 0.5) is 52.7 Å². The Bertz CT molecular complexity index is 1450. The molecule has 13 heteroatoms. The maximum atomic E-state index is 14.8. The van der Waals surface area contributed by atoms with Crippen molar-refractivity contribution >= 4 is 21.5 Å². The molecule has 0 radical (unpaired) electrons. The summed E-state index contributed by atoms with van der Waals surface area (Å²) in [5.74, 6) is -31.1. The Kier molecular flexibility index (Phi) is 5.33. The van der Waals surface area contributed by atoms with Gasteiger partial charge in [0.25, 0.3) is 0 Å². The topological polar surface area (TPSA) is 9.23 Å². The van der Waals surface area contributed by atoms with Gasteiger partial charge in [0.1, 0.15) is 0 Å². The number of rotatable bonds is 2. The average Bonchev–Trinajstić information content (AvgIpc) is 2.82. The molecule has 0 aliphatic heterocycles. The van der Waals surface area contributed by atoms with Gasteiger partial charge >= 0.3 is 0 Å². The first-order valence-corrected chi connectivity index (χ1v) is 8.71. The van der Waals surface area contributed by atoms with Crippen LogP contribution in [0, 0.1) is 69.8 Å². The number of hydrogen-bond donors (Lipinski definition) is 0. The first-order valence-electron chi connectivity index (χ1n) is 8.71. The predicted molar refractivity (Wildman–Crippen MR) is 92.9 cm³/mol. The number of hydrogen-bond acceptors (Lipinski definition) is 1. The summed E-state index contributed by atoms with van der Waals surface area (Å²) in [6, 6.07) is 0.00206.